The maximum absolute atomic E-state index is 12.8. The quantitative estimate of drug-likeness (QED) is 0.499. The van der Waals surface area contributed by atoms with Crippen LogP contribution in [-0.2, 0) is 11.3 Å². The Labute approximate surface area is 219 Å². The summed E-state index contributed by atoms with van der Waals surface area (Å²) >= 11 is 1.37. The molecule has 0 bridgehead atoms. The van der Waals surface area contributed by atoms with E-state index in [1.807, 2.05) is 34.6 Å². The van der Waals surface area contributed by atoms with Crippen molar-refractivity contribution in [3.05, 3.63) is 34.3 Å². The van der Waals surface area contributed by atoms with E-state index in [0.29, 0.717) is 39.6 Å². The van der Waals surface area contributed by atoms with E-state index in [-0.39, 0.29) is 11.9 Å². The van der Waals surface area contributed by atoms with Crippen LogP contribution in [0.25, 0.3) is 17.1 Å². The SMILES string of the molecule is COc1c(C)cnc(Cn2nc3c4c(nc(OC(=O)NC(C)(C)C)nc42)SCC(C(=O)N(C)C)=C3)c1C. The monoisotopic (exact) mass is 525 g/mol. The van der Waals surface area contributed by atoms with Gasteiger partial charge in [-0.25, -0.2) is 9.48 Å². The minimum absolute atomic E-state index is 0.0991. The molecule has 12 heteroatoms. The molecule has 1 N–H and O–H groups in total. The maximum atomic E-state index is 12.8. The zero-order chi connectivity index (χ0) is 27.1. The number of likely N-dealkylation sites (N-methyl/N-ethyl adjacent to an activating group) is 1. The Bertz CT molecular complexity index is 1420. The molecular weight excluding hydrogens is 494 g/mol. The fourth-order valence-electron chi connectivity index (χ4n) is 3.96. The molecule has 4 heterocycles. The molecule has 0 atom stereocenters. The third kappa shape index (κ3) is 5.53. The molecule has 196 valence electrons. The Balaban J connectivity index is 1.84. The summed E-state index contributed by atoms with van der Waals surface area (Å²) in [5.74, 6) is 1.04. The number of amides is 2. The largest absolute Gasteiger partial charge is 0.496 e. The van der Waals surface area contributed by atoms with E-state index in [4.69, 9.17) is 14.6 Å². The second-order valence-corrected chi connectivity index (χ2v) is 11.0. The molecule has 3 aromatic heterocycles. The number of carbonyl (C=O) groups excluding carboxylic acids is 2. The Morgan fingerprint density at radius 2 is 1.95 bits per heavy atom. The molecule has 11 nitrogen and oxygen atoms in total. The molecule has 37 heavy (non-hydrogen) atoms. The van der Waals surface area contributed by atoms with Crippen LogP contribution in [0.5, 0.6) is 11.8 Å². The van der Waals surface area contributed by atoms with Gasteiger partial charge in [-0.3, -0.25) is 9.78 Å². The number of aromatic nitrogens is 5. The summed E-state index contributed by atoms with van der Waals surface area (Å²) in [6.07, 6.45) is 2.87. The molecular formula is C25H31N7O4S. The Kier molecular flexibility index (Phi) is 7.13. The number of rotatable bonds is 5. The van der Waals surface area contributed by atoms with Gasteiger partial charge in [-0.1, -0.05) is 0 Å². The van der Waals surface area contributed by atoms with Crippen molar-refractivity contribution in [1.82, 2.24) is 34.9 Å². The topological polar surface area (TPSA) is 124 Å². The van der Waals surface area contributed by atoms with Gasteiger partial charge in [0, 0.05) is 48.3 Å². The third-order valence-corrected chi connectivity index (χ3v) is 6.66. The lowest BCUT2D eigenvalue weighted by atomic mass is 10.1. The average molecular weight is 526 g/mol. The van der Waals surface area contributed by atoms with E-state index < -0.39 is 11.6 Å². The number of hydrogen-bond acceptors (Lipinski definition) is 9. The first-order chi connectivity index (χ1) is 17.4. The van der Waals surface area contributed by atoms with Gasteiger partial charge >= 0.3 is 12.1 Å². The Morgan fingerprint density at radius 3 is 2.59 bits per heavy atom. The fraction of sp³-hybridized carbons (Fsp3) is 0.440. The average Bonchev–Trinajstić information content (AvgIpc) is 3.02. The van der Waals surface area contributed by atoms with Gasteiger partial charge < -0.3 is 19.7 Å². The highest BCUT2D eigenvalue weighted by atomic mass is 32.2. The van der Waals surface area contributed by atoms with Gasteiger partial charge in [0.05, 0.1) is 30.4 Å². The highest BCUT2D eigenvalue weighted by Gasteiger charge is 2.26. The first kappa shape index (κ1) is 26.4. The normalized spacial score (nSPS) is 13.1. The fourth-order valence-corrected chi connectivity index (χ4v) is 4.94. The number of hydrogen-bond donors (Lipinski definition) is 1. The van der Waals surface area contributed by atoms with E-state index in [0.717, 1.165) is 22.6 Å². The molecule has 0 spiro atoms. The standard InChI is InChI=1S/C25H31N7O4S/c1-13-10-26-17(14(2)19(13)35-8)11-32-20-18-16(30-32)9-15(22(33)31(6)7)12-37-21(18)28-23(27-20)36-24(34)29-25(3,4)5/h9-10H,11-12H2,1-8H3,(H,29,34). The number of carbonyl (C=O) groups is 2. The molecule has 2 amide bonds. The number of ether oxygens (including phenoxy) is 2. The van der Waals surface area contributed by atoms with Crippen molar-refractivity contribution in [1.29, 1.82) is 0 Å². The zero-order valence-corrected chi connectivity index (χ0v) is 23.1. The predicted octanol–water partition coefficient (Wildman–Crippen LogP) is 3.36. The number of nitrogens with one attached hydrogen (secondary N) is 1. The van der Waals surface area contributed by atoms with Crippen molar-refractivity contribution < 1.29 is 19.1 Å². The van der Waals surface area contributed by atoms with Gasteiger partial charge in [0.15, 0.2) is 5.65 Å². The third-order valence-electron chi connectivity index (χ3n) is 5.63. The van der Waals surface area contributed by atoms with Crippen LogP contribution >= 0.6 is 11.8 Å². The molecule has 1 aliphatic heterocycles. The molecule has 0 fully saturated rings. The molecule has 0 aliphatic carbocycles. The lowest BCUT2D eigenvalue weighted by molar-refractivity contribution is -0.124. The van der Waals surface area contributed by atoms with Crippen molar-refractivity contribution in [3.8, 4) is 11.8 Å². The van der Waals surface area contributed by atoms with E-state index in [2.05, 4.69) is 20.3 Å². The Hall–Kier alpha value is -3.67. The van der Waals surface area contributed by atoms with Crippen LogP contribution in [0.15, 0.2) is 16.8 Å². The van der Waals surface area contributed by atoms with E-state index in [9.17, 15) is 9.59 Å². The van der Waals surface area contributed by atoms with Crippen LogP contribution in [0, 0.1) is 13.8 Å². The summed E-state index contributed by atoms with van der Waals surface area (Å²) < 4.78 is 12.7. The van der Waals surface area contributed by atoms with Crippen LogP contribution in [-0.4, -0.2) is 74.1 Å². The number of thioether (sulfide) groups is 1. The van der Waals surface area contributed by atoms with Gasteiger partial charge in [0.1, 0.15) is 10.8 Å². The van der Waals surface area contributed by atoms with Crippen molar-refractivity contribution in [2.75, 3.05) is 27.0 Å². The van der Waals surface area contributed by atoms with E-state index >= 15 is 0 Å². The highest BCUT2D eigenvalue weighted by molar-refractivity contribution is 7.99. The molecule has 3 aromatic rings. The van der Waals surface area contributed by atoms with Crippen LogP contribution in [0.3, 0.4) is 0 Å². The van der Waals surface area contributed by atoms with Crippen molar-refractivity contribution in [2.45, 2.75) is 51.7 Å². The summed E-state index contributed by atoms with van der Waals surface area (Å²) in [7, 11) is 5.04. The zero-order valence-electron chi connectivity index (χ0n) is 22.3. The van der Waals surface area contributed by atoms with E-state index in [1.165, 1.54) is 16.7 Å². The van der Waals surface area contributed by atoms with E-state index in [1.54, 1.807) is 38.2 Å². The second kappa shape index (κ2) is 10.0. The summed E-state index contributed by atoms with van der Waals surface area (Å²) in [5, 5.41) is 8.79. The highest BCUT2D eigenvalue weighted by Crippen LogP contribution is 2.36. The minimum atomic E-state index is -0.661. The van der Waals surface area contributed by atoms with Crippen LogP contribution in [0.2, 0.25) is 0 Å². The number of nitrogens with zero attached hydrogens (tertiary/aromatic N) is 6. The maximum Gasteiger partial charge on any atom is 0.415 e. The lowest BCUT2D eigenvalue weighted by Crippen LogP contribution is -2.42. The van der Waals surface area contributed by atoms with Crippen LogP contribution in [0.4, 0.5) is 4.79 Å². The number of aryl methyl sites for hydroxylation is 1. The Morgan fingerprint density at radius 1 is 1.22 bits per heavy atom. The van der Waals surface area contributed by atoms with Gasteiger partial charge in [-0.2, -0.15) is 15.1 Å². The summed E-state index contributed by atoms with van der Waals surface area (Å²) in [6, 6.07) is -0.0991. The van der Waals surface area contributed by atoms with Gasteiger partial charge in [-0.05, 0) is 40.7 Å². The van der Waals surface area contributed by atoms with Crippen molar-refractivity contribution in [3.63, 3.8) is 0 Å². The first-order valence-corrected chi connectivity index (χ1v) is 12.7. The molecule has 4 rings (SSSR count). The summed E-state index contributed by atoms with van der Waals surface area (Å²) in [5.41, 5.74) is 3.71. The molecule has 0 saturated heterocycles. The smallest absolute Gasteiger partial charge is 0.415 e. The predicted molar refractivity (Wildman–Crippen MR) is 141 cm³/mol. The van der Waals surface area contributed by atoms with Gasteiger partial charge in [-0.15, -0.1) is 11.8 Å². The first-order valence-electron chi connectivity index (χ1n) is 11.7. The van der Waals surface area contributed by atoms with Crippen LogP contribution in [0.1, 0.15) is 43.3 Å². The molecule has 0 unspecified atom stereocenters. The molecule has 0 radical (unpaired) electrons. The number of pyridine rings is 1. The van der Waals surface area contributed by atoms with Gasteiger partial charge in [0.25, 0.3) is 0 Å². The molecule has 1 aliphatic rings. The lowest BCUT2D eigenvalue weighted by Gasteiger charge is -2.19. The van der Waals surface area contributed by atoms with Crippen molar-refractivity contribution in [2.24, 2.45) is 0 Å². The molecule has 0 aromatic carbocycles. The van der Waals surface area contributed by atoms with Crippen LogP contribution < -0.4 is 14.8 Å². The van der Waals surface area contributed by atoms with Gasteiger partial charge in [0.2, 0.25) is 5.91 Å². The van der Waals surface area contributed by atoms with Crippen molar-refractivity contribution >= 4 is 40.9 Å². The molecule has 0 saturated carbocycles. The number of methoxy groups -OCH3 is 1. The minimum Gasteiger partial charge on any atom is -0.496 e. The second-order valence-electron chi connectivity index (χ2n) is 10.0. The summed E-state index contributed by atoms with van der Waals surface area (Å²) in [4.78, 5) is 40.4. The summed E-state index contributed by atoms with van der Waals surface area (Å²) in [6.45, 7) is 9.72.